The molecule has 21 heavy (non-hydrogen) atoms. The molecule has 4 nitrogen and oxygen atoms in total. The zero-order valence-electron chi connectivity index (χ0n) is 12.0. The predicted molar refractivity (Wildman–Crippen MR) is 85.4 cm³/mol. The number of rotatable bonds is 6. The number of benzene rings is 1. The van der Waals surface area contributed by atoms with Gasteiger partial charge >= 0.3 is 6.03 Å². The minimum absolute atomic E-state index is 0.0405. The quantitative estimate of drug-likeness (QED) is 0.768. The maximum Gasteiger partial charge on any atom is 0.315 e. The lowest BCUT2D eigenvalue weighted by atomic mass is 10.1. The number of carbonyl (C=O) groups excluding carboxylic acids is 1. The lowest BCUT2D eigenvalue weighted by Crippen LogP contribution is -2.43. The Morgan fingerprint density at radius 3 is 2.57 bits per heavy atom. The molecule has 0 aliphatic carbocycles. The van der Waals surface area contributed by atoms with Crippen molar-refractivity contribution >= 4 is 17.4 Å². The summed E-state index contributed by atoms with van der Waals surface area (Å²) in [5, 5.41) is 17.2. The molecule has 0 aliphatic heterocycles. The third kappa shape index (κ3) is 4.88. The fraction of sp³-hybridized carbons (Fsp3) is 0.312. The summed E-state index contributed by atoms with van der Waals surface area (Å²) in [5.74, 6) is 0. The maximum absolute atomic E-state index is 12.0. The molecule has 2 unspecified atom stereocenters. The molecule has 112 valence electrons. The van der Waals surface area contributed by atoms with Crippen LogP contribution in [-0.2, 0) is 6.42 Å². The van der Waals surface area contributed by atoms with Crippen molar-refractivity contribution in [1.82, 2.24) is 10.6 Å². The lowest BCUT2D eigenvalue weighted by Gasteiger charge is -2.19. The van der Waals surface area contributed by atoms with E-state index in [1.54, 1.807) is 11.3 Å². The summed E-state index contributed by atoms with van der Waals surface area (Å²) in [6.45, 7) is 1.84. The fourth-order valence-corrected chi connectivity index (χ4v) is 2.96. The van der Waals surface area contributed by atoms with E-state index in [0.717, 1.165) is 12.0 Å². The Bertz CT molecular complexity index is 543. The van der Waals surface area contributed by atoms with Gasteiger partial charge in [-0.2, -0.15) is 0 Å². The number of thiophene rings is 1. The molecular formula is C16H20N2O2S. The van der Waals surface area contributed by atoms with Crippen molar-refractivity contribution < 1.29 is 9.90 Å². The Labute approximate surface area is 128 Å². The predicted octanol–water partition coefficient (Wildman–Crippen LogP) is 2.71. The molecule has 0 radical (unpaired) electrons. The zero-order valence-corrected chi connectivity index (χ0v) is 12.8. The van der Waals surface area contributed by atoms with Crippen LogP contribution >= 0.6 is 11.3 Å². The van der Waals surface area contributed by atoms with Gasteiger partial charge in [0.05, 0.1) is 12.6 Å². The van der Waals surface area contributed by atoms with Crippen molar-refractivity contribution in [3.8, 4) is 0 Å². The third-order valence-corrected chi connectivity index (χ3v) is 4.05. The average Bonchev–Trinajstić information content (AvgIpc) is 2.98. The van der Waals surface area contributed by atoms with Crippen LogP contribution in [0.2, 0.25) is 0 Å². The summed E-state index contributed by atoms with van der Waals surface area (Å²) in [4.78, 5) is 13.2. The van der Waals surface area contributed by atoms with Gasteiger partial charge < -0.3 is 15.7 Å². The number of carbonyl (C=O) groups is 1. The Balaban J connectivity index is 1.85. The van der Waals surface area contributed by atoms with Crippen molar-refractivity contribution in [2.24, 2.45) is 0 Å². The van der Waals surface area contributed by atoms with Crippen molar-refractivity contribution in [2.45, 2.75) is 25.4 Å². The molecule has 0 bridgehead atoms. The van der Waals surface area contributed by atoms with Gasteiger partial charge in [0, 0.05) is 17.3 Å². The molecule has 5 heteroatoms. The summed E-state index contributed by atoms with van der Waals surface area (Å²) in [7, 11) is 0. The number of hydrogen-bond donors (Lipinski definition) is 3. The van der Waals surface area contributed by atoms with Gasteiger partial charge in [0.1, 0.15) is 0 Å². The Hall–Kier alpha value is -1.85. The molecule has 2 atom stereocenters. The van der Waals surface area contributed by atoms with E-state index in [1.807, 2.05) is 48.7 Å². The van der Waals surface area contributed by atoms with Crippen LogP contribution in [0.15, 0.2) is 47.8 Å². The standard InChI is InChI=1S/C16H20N2O2S/c1-12(10-14-8-5-9-21-14)17-16(20)18-15(11-19)13-6-3-2-4-7-13/h2-9,12,15,19H,10-11H2,1H3,(H2,17,18,20). The van der Waals surface area contributed by atoms with E-state index in [2.05, 4.69) is 16.7 Å². The molecule has 0 saturated carbocycles. The molecular weight excluding hydrogens is 284 g/mol. The second-order valence-corrected chi connectivity index (χ2v) is 5.98. The molecule has 0 saturated heterocycles. The number of aliphatic hydroxyl groups excluding tert-OH is 1. The summed E-state index contributed by atoms with van der Waals surface area (Å²) >= 11 is 1.68. The van der Waals surface area contributed by atoms with Crippen LogP contribution in [-0.4, -0.2) is 23.8 Å². The Morgan fingerprint density at radius 1 is 1.19 bits per heavy atom. The Kier molecular flexibility index (Phi) is 5.78. The summed E-state index contributed by atoms with van der Waals surface area (Å²) in [5.41, 5.74) is 0.890. The van der Waals surface area contributed by atoms with E-state index in [-0.39, 0.29) is 24.7 Å². The Morgan fingerprint density at radius 2 is 1.95 bits per heavy atom. The van der Waals surface area contributed by atoms with Crippen LogP contribution < -0.4 is 10.6 Å². The minimum atomic E-state index is -0.389. The minimum Gasteiger partial charge on any atom is -0.394 e. The van der Waals surface area contributed by atoms with Crippen LogP contribution in [0.5, 0.6) is 0 Å². The van der Waals surface area contributed by atoms with E-state index >= 15 is 0 Å². The van der Waals surface area contributed by atoms with Gasteiger partial charge in [-0.3, -0.25) is 0 Å². The van der Waals surface area contributed by atoms with E-state index in [1.165, 1.54) is 4.88 Å². The first-order valence-corrected chi connectivity index (χ1v) is 7.82. The normalized spacial score (nSPS) is 13.4. The van der Waals surface area contributed by atoms with Crippen molar-refractivity contribution in [2.75, 3.05) is 6.61 Å². The smallest absolute Gasteiger partial charge is 0.315 e. The highest BCUT2D eigenvalue weighted by molar-refractivity contribution is 7.09. The molecule has 1 aromatic heterocycles. The number of aliphatic hydroxyl groups is 1. The van der Waals surface area contributed by atoms with Gasteiger partial charge in [-0.1, -0.05) is 36.4 Å². The van der Waals surface area contributed by atoms with E-state index in [0.29, 0.717) is 0 Å². The molecule has 1 aromatic carbocycles. The lowest BCUT2D eigenvalue weighted by molar-refractivity contribution is 0.214. The highest BCUT2D eigenvalue weighted by Crippen LogP contribution is 2.12. The topological polar surface area (TPSA) is 61.4 Å². The highest BCUT2D eigenvalue weighted by atomic mass is 32.1. The van der Waals surface area contributed by atoms with Crippen molar-refractivity contribution in [3.63, 3.8) is 0 Å². The van der Waals surface area contributed by atoms with Gasteiger partial charge in [-0.15, -0.1) is 11.3 Å². The summed E-state index contributed by atoms with van der Waals surface area (Å²) < 4.78 is 0. The zero-order chi connectivity index (χ0) is 15.1. The summed E-state index contributed by atoms with van der Waals surface area (Å²) in [6.07, 6.45) is 0.806. The second-order valence-electron chi connectivity index (χ2n) is 4.95. The van der Waals surface area contributed by atoms with Crippen LogP contribution in [0, 0.1) is 0 Å². The molecule has 0 fully saturated rings. The van der Waals surface area contributed by atoms with Gasteiger partial charge in [-0.25, -0.2) is 4.79 Å². The van der Waals surface area contributed by atoms with Gasteiger partial charge in [0.15, 0.2) is 0 Å². The van der Waals surface area contributed by atoms with Crippen LogP contribution in [0.25, 0.3) is 0 Å². The largest absolute Gasteiger partial charge is 0.394 e. The molecule has 0 spiro atoms. The first-order chi connectivity index (χ1) is 10.2. The molecule has 2 aromatic rings. The van der Waals surface area contributed by atoms with Gasteiger partial charge in [-0.05, 0) is 23.9 Å². The fourth-order valence-electron chi connectivity index (χ4n) is 2.12. The average molecular weight is 304 g/mol. The molecule has 1 heterocycles. The van der Waals surface area contributed by atoms with Crippen LogP contribution in [0.4, 0.5) is 4.79 Å². The molecule has 0 aliphatic rings. The molecule has 3 N–H and O–H groups in total. The number of hydrogen-bond acceptors (Lipinski definition) is 3. The van der Waals surface area contributed by atoms with Gasteiger partial charge in [0.2, 0.25) is 0 Å². The van der Waals surface area contributed by atoms with E-state index < -0.39 is 0 Å². The SMILES string of the molecule is CC(Cc1cccs1)NC(=O)NC(CO)c1ccccc1. The number of urea groups is 1. The monoisotopic (exact) mass is 304 g/mol. The molecule has 2 amide bonds. The van der Waals surface area contributed by atoms with Crippen molar-refractivity contribution in [3.05, 3.63) is 58.3 Å². The first-order valence-electron chi connectivity index (χ1n) is 6.94. The third-order valence-electron chi connectivity index (χ3n) is 3.15. The van der Waals surface area contributed by atoms with E-state index in [9.17, 15) is 9.90 Å². The van der Waals surface area contributed by atoms with Gasteiger partial charge in [0.25, 0.3) is 0 Å². The highest BCUT2D eigenvalue weighted by Gasteiger charge is 2.15. The van der Waals surface area contributed by atoms with Crippen molar-refractivity contribution in [1.29, 1.82) is 0 Å². The number of nitrogens with one attached hydrogen (secondary N) is 2. The summed E-state index contributed by atoms with van der Waals surface area (Å²) in [6, 6.07) is 12.9. The number of amides is 2. The van der Waals surface area contributed by atoms with E-state index in [4.69, 9.17) is 0 Å². The maximum atomic E-state index is 12.0. The first kappa shape index (κ1) is 15.5. The van der Waals surface area contributed by atoms with Crippen LogP contribution in [0.3, 0.4) is 0 Å². The van der Waals surface area contributed by atoms with Crippen LogP contribution in [0.1, 0.15) is 23.4 Å². The second kappa shape index (κ2) is 7.81. The molecule has 2 rings (SSSR count).